The number of nitrogens with one attached hydrogen (secondary N) is 1. The molecule has 0 saturated carbocycles. The lowest BCUT2D eigenvalue weighted by Gasteiger charge is -2.13. The van der Waals surface area contributed by atoms with E-state index in [1.165, 1.54) is 17.8 Å². The summed E-state index contributed by atoms with van der Waals surface area (Å²) in [6.45, 7) is 5.57. The fourth-order valence-corrected chi connectivity index (χ4v) is 2.52. The maximum absolute atomic E-state index is 13.7. The molecule has 3 N–H and O–H groups in total. The van der Waals surface area contributed by atoms with Crippen LogP contribution in [0.3, 0.4) is 0 Å². The Morgan fingerprint density at radius 3 is 2.67 bits per heavy atom. The van der Waals surface area contributed by atoms with Crippen LogP contribution in [0.15, 0.2) is 23.1 Å². The number of thioether (sulfide) groups is 1. The molecule has 1 atom stereocenters. The van der Waals surface area contributed by atoms with E-state index in [0.717, 1.165) is 5.56 Å². The highest BCUT2D eigenvalue weighted by molar-refractivity contribution is 8.00. The lowest BCUT2D eigenvalue weighted by atomic mass is 10.1. The highest BCUT2D eigenvalue weighted by Gasteiger charge is 2.14. The molecular weight excluding hydrogens is 251 g/mol. The molecule has 100 valence electrons. The first-order chi connectivity index (χ1) is 8.41. The number of halogens is 1. The normalized spacial score (nSPS) is 12.6. The molecule has 0 aromatic heterocycles. The molecule has 0 heterocycles. The van der Waals surface area contributed by atoms with Crippen molar-refractivity contribution in [3.05, 3.63) is 29.6 Å². The van der Waals surface area contributed by atoms with Crippen LogP contribution in [0.5, 0.6) is 0 Å². The van der Waals surface area contributed by atoms with Crippen molar-refractivity contribution < 1.29 is 9.18 Å². The summed E-state index contributed by atoms with van der Waals surface area (Å²) in [5.41, 5.74) is 6.52. The topological polar surface area (TPSA) is 55.1 Å². The molecule has 3 nitrogen and oxygen atoms in total. The number of nitrogens with two attached hydrogens (primary N) is 1. The summed E-state index contributed by atoms with van der Waals surface area (Å²) in [7, 11) is 0. The Kier molecular flexibility index (Phi) is 5.62. The Balaban J connectivity index is 2.75. The molecule has 18 heavy (non-hydrogen) atoms. The van der Waals surface area contributed by atoms with Crippen molar-refractivity contribution in [2.75, 3.05) is 5.75 Å². The van der Waals surface area contributed by atoms with Crippen molar-refractivity contribution in [3.8, 4) is 0 Å². The van der Waals surface area contributed by atoms with Crippen LogP contribution < -0.4 is 11.1 Å². The first-order valence-corrected chi connectivity index (χ1v) is 6.86. The molecular formula is C13H19FN2OS. The molecule has 0 bridgehead atoms. The van der Waals surface area contributed by atoms with E-state index in [-0.39, 0.29) is 29.6 Å². The molecule has 0 unspecified atom stereocenters. The monoisotopic (exact) mass is 270 g/mol. The molecule has 1 aromatic carbocycles. The Bertz CT molecular complexity index is 421. The lowest BCUT2D eigenvalue weighted by Crippen LogP contribution is -2.31. The van der Waals surface area contributed by atoms with Gasteiger partial charge in [-0.25, -0.2) is 4.39 Å². The van der Waals surface area contributed by atoms with E-state index < -0.39 is 0 Å². The van der Waals surface area contributed by atoms with Crippen molar-refractivity contribution in [2.45, 2.75) is 37.8 Å². The van der Waals surface area contributed by atoms with Crippen LogP contribution in [-0.2, 0) is 4.79 Å². The zero-order valence-electron chi connectivity index (χ0n) is 10.9. The van der Waals surface area contributed by atoms with Crippen LogP contribution >= 0.6 is 11.8 Å². The average molecular weight is 270 g/mol. The summed E-state index contributed by atoms with van der Waals surface area (Å²) < 4.78 is 13.7. The van der Waals surface area contributed by atoms with Crippen LogP contribution in [0, 0.1) is 5.82 Å². The van der Waals surface area contributed by atoms with Crippen LogP contribution in [0.4, 0.5) is 4.39 Å². The smallest absolute Gasteiger partial charge is 0.230 e. The van der Waals surface area contributed by atoms with Gasteiger partial charge in [0, 0.05) is 17.0 Å². The van der Waals surface area contributed by atoms with E-state index in [1.807, 2.05) is 13.8 Å². The molecule has 0 aliphatic rings. The van der Waals surface area contributed by atoms with Gasteiger partial charge in [0.15, 0.2) is 0 Å². The molecule has 1 amide bonds. The van der Waals surface area contributed by atoms with Crippen LogP contribution in [0.25, 0.3) is 0 Å². The second-order valence-corrected chi connectivity index (χ2v) is 5.44. The largest absolute Gasteiger partial charge is 0.353 e. The van der Waals surface area contributed by atoms with Crippen molar-refractivity contribution in [2.24, 2.45) is 5.73 Å². The Labute approximate surface area is 111 Å². The molecule has 5 heteroatoms. The summed E-state index contributed by atoms with van der Waals surface area (Å²) in [6.07, 6.45) is 0. The van der Waals surface area contributed by atoms with Gasteiger partial charge in [0.05, 0.1) is 5.75 Å². The number of hydrogen-bond acceptors (Lipinski definition) is 3. The van der Waals surface area contributed by atoms with Gasteiger partial charge in [-0.2, -0.15) is 0 Å². The van der Waals surface area contributed by atoms with E-state index in [1.54, 1.807) is 19.1 Å². The number of carbonyl (C=O) groups is 1. The number of benzene rings is 1. The fourth-order valence-electron chi connectivity index (χ4n) is 1.54. The van der Waals surface area contributed by atoms with E-state index in [4.69, 9.17) is 5.73 Å². The zero-order valence-corrected chi connectivity index (χ0v) is 11.7. The SMILES string of the molecule is CC(C)NC(=O)CSc1c(F)cccc1[C@H](C)N. The van der Waals surface area contributed by atoms with Crippen molar-refractivity contribution in [3.63, 3.8) is 0 Å². The Morgan fingerprint density at radius 2 is 2.11 bits per heavy atom. The first-order valence-electron chi connectivity index (χ1n) is 5.88. The number of carbonyl (C=O) groups excluding carboxylic acids is 1. The first kappa shape index (κ1) is 15.0. The third-order valence-corrected chi connectivity index (χ3v) is 3.41. The average Bonchev–Trinajstić information content (AvgIpc) is 2.25. The molecule has 0 fully saturated rings. The standard InChI is InChI=1S/C13H19FN2OS/c1-8(2)16-12(17)7-18-13-10(9(3)15)5-4-6-11(13)14/h4-6,8-9H,7,15H2,1-3H3,(H,16,17)/t9-/m0/s1. The minimum atomic E-state index is -0.327. The Morgan fingerprint density at radius 1 is 1.44 bits per heavy atom. The summed E-state index contributed by atoms with van der Waals surface area (Å²) in [5, 5.41) is 2.77. The van der Waals surface area contributed by atoms with Gasteiger partial charge < -0.3 is 11.1 Å². The lowest BCUT2D eigenvalue weighted by molar-refractivity contribution is -0.119. The van der Waals surface area contributed by atoms with Crippen molar-refractivity contribution >= 4 is 17.7 Å². The fraction of sp³-hybridized carbons (Fsp3) is 0.462. The van der Waals surface area contributed by atoms with Crippen molar-refractivity contribution in [1.82, 2.24) is 5.32 Å². The quantitative estimate of drug-likeness (QED) is 0.808. The molecule has 0 spiro atoms. The maximum atomic E-state index is 13.7. The summed E-state index contributed by atoms with van der Waals surface area (Å²) in [5.74, 6) is -0.236. The van der Waals surface area contributed by atoms with Gasteiger partial charge in [-0.15, -0.1) is 11.8 Å². The van der Waals surface area contributed by atoms with Gasteiger partial charge in [0.2, 0.25) is 5.91 Å². The molecule has 1 rings (SSSR count). The van der Waals surface area contributed by atoms with Crippen LogP contribution in [-0.4, -0.2) is 17.7 Å². The van der Waals surface area contributed by atoms with E-state index in [9.17, 15) is 9.18 Å². The molecule has 0 aliphatic heterocycles. The predicted octanol–water partition coefficient (Wildman–Crippen LogP) is 2.46. The molecule has 1 aromatic rings. The van der Waals surface area contributed by atoms with Crippen molar-refractivity contribution in [1.29, 1.82) is 0 Å². The van der Waals surface area contributed by atoms with Gasteiger partial charge in [0.1, 0.15) is 5.82 Å². The Hall–Kier alpha value is -1.07. The van der Waals surface area contributed by atoms with E-state index in [0.29, 0.717) is 4.90 Å². The van der Waals surface area contributed by atoms with E-state index >= 15 is 0 Å². The minimum absolute atomic E-state index is 0.0895. The summed E-state index contributed by atoms with van der Waals surface area (Å²) in [4.78, 5) is 12.0. The second kappa shape index (κ2) is 6.75. The molecule has 0 radical (unpaired) electrons. The minimum Gasteiger partial charge on any atom is -0.353 e. The van der Waals surface area contributed by atoms with Gasteiger partial charge in [-0.1, -0.05) is 12.1 Å². The highest BCUT2D eigenvalue weighted by atomic mass is 32.2. The van der Waals surface area contributed by atoms with Gasteiger partial charge >= 0.3 is 0 Å². The second-order valence-electron chi connectivity index (χ2n) is 4.46. The third-order valence-electron chi connectivity index (χ3n) is 2.29. The summed E-state index contributed by atoms with van der Waals surface area (Å²) >= 11 is 1.19. The number of hydrogen-bond donors (Lipinski definition) is 2. The van der Waals surface area contributed by atoms with Gasteiger partial charge in [-0.05, 0) is 32.4 Å². The highest BCUT2D eigenvalue weighted by Crippen LogP contribution is 2.29. The van der Waals surface area contributed by atoms with Gasteiger partial charge in [0.25, 0.3) is 0 Å². The van der Waals surface area contributed by atoms with Gasteiger partial charge in [-0.3, -0.25) is 4.79 Å². The third kappa shape index (κ3) is 4.31. The number of rotatable bonds is 5. The molecule has 0 aliphatic carbocycles. The maximum Gasteiger partial charge on any atom is 0.230 e. The van der Waals surface area contributed by atoms with Crippen LogP contribution in [0.1, 0.15) is 32.4 Å². The predicted molar refractivity (Wildman–Crippen MR) is 73.0 cm³/mol. The zero-order chi connectivity index (χ0) is 13.7. The van der Waals surface area contributed by atoms with Crippen LogP contribution in [0.2, 0.25) is 0 Å². The number of amides is 1. The van der Waals surface area contributed by atoms with E-state index in [2.05, 4.69) is 5.32 Å². The molecule has 0 saturated heterocycles. The summed E-state index contributed by atoms with van der Waals surface area (Å²) in [6, 6.07) is 4.64.